The summed E-state index contributed by atoms with van der Waals surface area (Å²) in [5.41, 5.74) is 5.25. The number of alkyl carbamates (subject to hydrolysis) is 1. The maximum absolute atomic E-state index is 14.2. The summed E-state index contributed by atoms with van der Waals surface area (Å²) in [6.45, 7) is 6.85. The largest absolute Gasteiger partial charge is 0.453 e. The number of methoxy groups -OCH3 is 1. The van der Waals surface area contributed by atoms with Crippen molar-refractivity contribution in [1.29, 1.82) is 0 Å². The highest BCUT2D eigenvalue weighted by Crippen LogP contribution is 2.55. The molecule has 2 saturated carbocycles. The van der Waals surface area contributed by atoms with Gasteiger partial charge in [0.2, 0.25) is 5.91 Å². The van der Waals surface area contributed by atoms with E-state index in [2.05, 4.69) is 63.8 Å². The Labute approximate surface area is 330 Å². The third-order valence-corrected chi connectivity index (χ3v) is 12.7. The lowest BCUT2D eigenvalue weighted by molar-refractivity contribution is -0.138. The highest BCUT2D eigenvalue weighted by atomic mass is 16.6. The molecule has 10 rings (SSSR count). The van der Waals surface area contributed by atoms with Crippen LogP contribution in [0.4, 0.5) is 9.59 Å². The van der Waals surface area contributed by atoms with E-state index in [4.69, 9.17) is 24.2 Å². The predicted octanol–water partition coefficient (Wildman–Crippen LogP) is 7.66. The number of fused-ring (bicyclic) bond motifs is 4. The number of rotatable bonds is 7. The number of benzene rings is 3. The van der Waals surface area contributed by atoms with Crippen molar-refractivity contribution in [2.45, 2.75) is 95.1 Å². The summed E-state index contributed by atoms with van der Waals surface area (Å²) < 4.78 is 16.2. The molecular weight excluding hydrogens is 723 g/mol. The van der Waals surface area contributed by atoms with Crippen molar-refractivity contribution in [2.75, 3.05) is 20.3 Å². The summed E-state index contributed by atoms with van der Waals surface area (Å²) in [6, 6.07) is 18.6. The number of carbonyl (C=O) groups is 3. The molecule has 3 N–H and O–H groups in total. The molecule has 13 heteroatoms. The van der Waals surface area contributed by atoms with Gasteiger partial charge in [0, 0.05) is 37.1 Å². The summed E-state index contributed by atoms with van der Waals surface area (Å²) in [7, 11) is 1.33. The standard InChI is InChI=1S/C44H49N7O6/c1-44(2,3)57-43(54)51-35-19-30(35)21-37(51)40-46-31-10-9-27(17-32(31)47-40)25-5-6-26-16-28(8-7-24(26)15-25)33-22-45-39(48-33)36-20-29-18-34(29)50(36)41(52)38(49-42(53)55-4)23-11-13-56-14-12-23/h5-10,15-17,22-23,29-30,34-38H,11-14,18-21H2,1-4H3,(H,45,48)(H,46,47)(H,49,53)/t29-,30-,34-,35-,36+,37+,38+/m1/s1. The Morgan fingerprint density at radius 3 is 2.19 bits per heavy atom. The zero-order valence-electron chi connectivity index (χ0n) is 32.8. The fourth-order valence-corrected chi connectivity index (χ4v) is 9.68. The zero-order valence-corrected chi connectivity index (χ0v) is 32.8. The second-order valence-corrected chi connectivity index (χ2v) is 17.6. The van der Waals surface area contributed by atoms with Crippen LogP contribution in [0, 0.1) is 17.8 Å². The maximum atomic E-state index is 14.2. The molecule has 2 aliphatic carbocycles. The van der Waals surface area contributed by atoms with E-state index in [1.54, 1.807) is 0 Å². The van der Waals surface area contributed by atoms with Crippen LogP contribution in [-0.4, -0.2) is 91.9 Å². The molecule has 3 aliphatic heterocycles. The lowest BCUT2D eigenvalue weighted by Crippen LogP contribution is -2.54. The molecule has 7 atom stereocenters. The fraction of sp³-hybridized carbons (Fsp3) is 0.477. The van der Waals surface area contributed by atoms with Gasteiger partial charge >= 0.3 is 12.2 Å². The minimum Gasteiger partial charge on any atom is -0.453 e. The first-order valence-electron chi connectivity index (χ1n) is 20.4. The third-order valence-electron chi connectivity index (χ3n) is 12.7. The van der Waals surface area contributed by atoms with Crippen molar-refractivity contribution in [3.63, 3.8) is 0 Å². The number of amides is 3. The van der Waals surface area contributed by atoms with Crippen LogP contribution in [0.1, 0.15) is 83.0 Å². The summed E-state index contributed by atoms with van der Waals surface area (Å²) in [4.78, 5) is 60.6. The van der Waals surface area contributed by atoms with Gasteiger partial charge in [0.25, 0.3) is 0 Å². The van der Waals surface area contributed by atoms with Crippen molar-refractivity contribution < 1.29 is 28.6 Å². The minimum absolute atomic E-state index is 0.0129. The first kappa shape index (κ1) is 35.9. The molecule has 0 unspecified atom stereocenters. The van der Waals surface area contributed by atoms with Crippen molar-refractivity contribution in [1.82, 2.24) is 35.1 Å². The lowest BCUT2D eigenvalue weighted by Gasteiger charge is -2.35. The Balaban J connectivity index is 0.864. The molecule has 3 amide bonds. The second kappa shape index (κ2) is 13.6. The van der Waals surface area contributed by atoms with Gasteiger partial charge in [-0.3, -0.25) is 9.69 Å². The lowest BCUT2D eigenvalue weighted by atomic mass is 9.90. The van der Waals surface area contributed by atoms with Gasteiger partial charge < -0.3 is 34.4 Å². The average molecular weight is 772 g/mol. The molecule has 0 bridgehead atoms. The van der Waals surface area contributed by atoms with Gasteiger partial charge in [-0.05, 0) is 123 Å². The van der Waals surface area contributed by atoms with E-state index >= 15 is 0 Å². The van der Waals surface area contributed by atoms with E-state index in [9.17, 15) is 14.4 Å². The Hall–Kier alpha value is -5.43. The number of imidazole rings is 2. The van der Waals surface area contributed by atoms with Crippen molar-refractivity contribution in [3.05, 3.63) is 72.4 Å². The summed E-state index contributed by atoms with van der Waals surface area (Å²) >= 11 is 0. The molecule has 57 heavy (non-hydrogen) atoms. The molecule has 5 aliphatic rings. The number of piperidine rings is 2. The second-order valence-electron chi connectivity index (χ2n) is 17.6. The molecule has 2 aromatic heterocycles. The number of H-pyrrole nitrogens is 2. The van der Waals surface area contributed by atoms with Crippen LogP contribution in [0.5, 0.6) is 0 Å². The third kappa shape index (κ3) is 6.69. The number of aromatic amines is 2. The summed E-state index contributed by atoms with van der Waals surface area (Å²) in [5.74, 6) is 2.46. The normalized spacial score (nSPS) is 26.0. The van der Waals surface area contributed by atoms with Crippen LogP contribution in [0.25, 0.3) is 44.2 Å². The molecular formula is C44H49N7O6. The van der Waals surface area contributed by atoms with E-state index in [1.807, 2.05) is 42.8 Å². The summed E-state index contributed by atoms with van der Waals surface area (Å²) in [5, 5.41) is 5.07. The first-order chi connectivity index (χ1) is 27.5. The Bertz CT molecular complexity index is 2390. The molecule has 5 aromatic rings. The topological polar surface area (TPSA) is 155 Å². The molecule has 5 fully saturated rings. The van der Waals surface area contributed by atoms with Crippen molar-refractivity contribution in [3.8, 4) is 22.4 Å². The molecule has 5 heterocycles. The van der Waals surface area contributed by atoms with Crippen LogP contribution in [0.3, 0.4) is 0 Å². The highest BCUT2D eigenvalue weighted by Gasteiger charge is 2.57. The van der Waals surface area contributed by atoms with Crippen molar-refractivity contribution >= 4 is 39.9 Å². The molecule has 0 radical (unpaired) electrons. The monoisotopic (exact) mass is 771 g/mol. The van der Waals surface area contributed by atoms with Crippen LogP contribution in [-0.2, 0) is 19.0 Å². The number of likely N-dealkylation sites (tertiary alicyclic amines) is 2. The molecule has 3 aromatic carbocycles. The number of hydrogen-bond donors (Lipinski definition) is 3. The first-order valence-corrected chi connectivity index (χ1v) is 20.4. The smallest absolute Gasteiger partial charge is 0.411 e. The van der Waals surface area contributed by atoms with Crippen LogP contribution in [0.2, 0.25) is 0 Å². The van der Waals surface area contributed by atoms with E-state index in [0.717, 1.165) is 81.5 Å². The molecule has 3 saturated heterocycles. The van der Waals surface area contributed by atoms with Gasteiger partial charge in [0.15, 0.2) is 0 Å². The van der Waals surface area contributed by atoms with Gasteiger partial charge in [-0.2, -0.15) is 0 Å². The number of aromatic nitrogens is 4. The van der Waals surface area contributed by atoms with Gasteiger partial charge in [-0.15, -0.1) is 0 Å². The highest BCUT2D eigenvalue weighted by molar-refractivity contribution is 5.92. The maximum Gasteiger partial charge on any atom is 0.411 e. The molecule has 296 valence electrons. The SMILES string of the molecule is COC(=O)N[C@H](C(=O)N1[C@@H]2C[C@@H]2C[C@H]1c1nc(-c2ccc3cc(-c4ccc5nc([C@@H]6C[C@H]7C[C@H]7N6C(=O)OC(C)(C)C)[nH]c5c4)ccc3c2)c[nH]1)C1CCOCC1. The van der Waals surface area contributed by atoms with E-state index in [0.29, 0.717) is 37.9 Å². The minimum atomic E-state index is -0.666. The Morgan fingerprint density at radius 1 is 0.825 bits per heavy atom. The Morgan fingerprint density at radius 2 is 1.47 bits per heavy atom. The zero-order chi connectivity index (χ0) is 39.2. The number of hydrogen-bond acceptors (Lipinski definition) is 8. The van der Waals surface area contributed by atoms with Crippen molar-refractivity contribution in [2.24, 2.45) is 17.8 Å². The van der Waals surface area contributed by atoms with Gasteiger partial charge in [-0.1, -0.05) is 30.3 Å². The number of ether oxygens (including phenoxy) is 3. The van der Waals surface area contributed by atoms with E-state index in [1.165, 1.54) is 7.11 Å². The van der Waals surface area contributed by atoms with Crippen LogP contribution in [0.15, 0.2) is 60.8 Å². The molecule has 13 nitrogen and oxygen atoms in total. The number of carbonyl (C=O) groups excluding carboxylic acids is 3. The van der Waals surface area contributed by atoms with Crippen LogP contribution >= 0.6 is 0 Å². The number of nitrogens with one attached hydrogen (secondary N) is 3. The van der Waals surface area contributed by atoms with Gasteiger partial charge in [0.05, 0.1) is 35.9 Å². The quantitative estimate of drug-likeness (QED) is 0.152. The summed E-state index contributed by atoms with van der Waals surface area (Å²) in [6.07, 6.45) is 6.25. The van der Waals surface area contributed by atoms with Gasteiger partial charge in [0.1, 0.15) is 23.3 Å². The van der Waals surface area contributed by atoms with Gasteiger partial charge in [-0.25, -0.2) is 19.6 Å². The van der Waals surface area contributed by atoms with E-state index in [-0.39, 0.29) is 42.1 Å². The van der Waals surface area contributed by atoms with E-state index < -0.39 is 17.7 Å². The average Bonchev–Trinajstić information content (AvgIpc) is 3.82. The number of nitrogens with zero attached hydrogens (tertiary/aromatic N) is 4. The van der Waals surface area contributed by atoms with Crippen LogP contribution < -0.4 is 5.32 Å². The Kier molecular flexibility index (Phi) is 8.58. The fourth-order valence-electron chi connectivity index (χ4n) is 9.68. The predicted molar refractivity (Wildman–Crippen MR) is 213 cm³/mol. The molecule has 0 spiro atoms.